The average Bonchev–Trinajstić information content (AvgIpc) is 3.27. The number of rotatable bonds is 5. The first kappa shape index (κ1) is 17.2. The maximum Gasteiger partial charge on any atom is 0.246 e. The second kappa shape index (κ2) is 6.51. The van der Waals surface area contributed by atoms with Crippen molar-refractivity contribution in [3.05, 3.63) is 47.8 Å². The average molecular weight is 374 g/mol. The van der Waals surface area contributed by atoms with E-state index in [2.05, 4.69) is 15.3 Å². The summed E-state index contributed by atoms with van der Waals surface area (Å²) in [6, 6.07) is 8.87. The molecule has 1 N–H and O–H groups in total. The predicted molar refractivity (Wildman–Crippen MR) is 96.1 cm³/mol. The summed E-state index contributed by atoms with van der Waals surface area (Å²) in [4.78, 5) is 15.1. The van der Waals surface area contributed by atoms with Gasteiger partial charge < -0.3 is 5.32 Å². The number of nitrogens with zero attached hydrogens (tertiary/aromatic N) is 3. The normalized spacial score (nSPS) is 20.6. The van der Waals surface area contributed by atoms with Crippen molar-refractivity contribution < 1.29 is 13.2 Å². The quantitative estimate of drug-likeness (QED) is 0.848. The fraction of sp³-hybridized carbons (Fsp3) is 0.444. The second-order valence-electron chi connectivity index (χ2n) is 7.15. The lowest BCUT2D eigenvalue weighted by Crippen LogP contribution is -2.45. The van der Waals surface area contributed by atoms with E-state index < -0.39 is 9.84 Å². The fourth-order valence-corrected chi connectivity index (χ4v) is 3.93. The number of fused-ring (bicyclic) bond motifs is 1. The third-order valence-electron chi connectivity index (χ3n) is 4.85. The molecule has 1 aromatic heterocycles. The van der Waals surface area contributed by atoms with Crippen LogP contribution in [0.1, 0.15) is 30.1 Å². The lowest BCUT2D eigenvalue weighted by molar-refractivity contribution is -0.126. The molecular weight excluding hydrogens is 352 g/mol. The smallest absolute Gasteiger partial charge is 0.246 e. The third kappa shape index (κ3) is 3.66. The minimum atomic E-state index is -3.19. The summed E-state index contributed by atoms with van der Waals surface area (Å²) < 4.78 is 25.0. The van der Waals surface area contributed by atoms with Crippen molar-refractivity contribution in [3.8, 4) is 0 Å². The monoisotopic (exact) mass is 374 g/mol. The molecule has 26 heavy (non-hydrogen) atoms. The molecule has 0 bridgehead atoms. The van der Waals surface area contributed by atoms with Gasteiger partial charge in [-0.3, -0.25) is 14.4 Å². The van der Waals surface area contributed by atoms with Gasteiger partial charge in [0.1, 0.15) is 6.04 Å². The Labute approximate surface area is 152 Å². The van der Waals surface area contributed by atoms with E-state index >= 15 is 0 Å². The highest BCUT2D eigenvalue weighted by Gasteiger charge is 2.33. The number of carbonyl (C=O) groups is 1. The van der Waals surface area contributed by atoms with Crippen LogP contribution in [-0.2, 0) is 27.7 Å². The van der Waals surface area contributed by atoms with Crippen LogP contribution >= 0.6 is 0 Å². The zero-order valence-corrected chi connectivity index (χ0v) is 15.4. The zero-order chi connectivity index (χ0) is 18.3. The predicted octanol–water partition coefficient (Wildman–Crippen LogP) is 1.12. The van der Waals surface area contributed by atoms with Crippen molar-refractivity contribution in [1.82, 2.24) is 20.0 Å². The van der Waals surface area contributed by atoms with Crippen molar-refractivity contribution in [2.24, 2.45) is 0 Å². The Bertz CT molecular complexity index is 916. The molecule has 1 aromatic carbocycles. The first-order valence-electron chi connectivity index (χ1n) is 8.74. The van der Waals surface area contributed by atoms with Crippen LogP contribution in [0, 0.1) is 0 Å². The van der Waals surface area contributed by atoms with Crippen molar-refractivity contribution in [1.29, 1.82) is 0 Å². The van der Waals surface area contributed by atoms with Gasteiger partial charge in [0.2, 0.25) is 5.91 Å². The van der Waals surface area contributed by atoms with Gasteiger partial charge in [0.25, 0.3) is 0 Å². The first-order chi connectivity index (χ1) is 12.4. The molecule has 1 fully saturated rings. The van der Waals surface area contributed by atoms with Crippen LogP contribution in [-0.4, -0.2) is 47.8 Å². The lowest BCUT2D eigenvalue weighted by Gasteiger charge is -2.33. The highest BCUT2D eigenvalue weighted by atomic mass is 32.2. The molecule has 2 heterocycles. The molecule has 4 rings (SSSR count). The van der Waals surface area contributed by atoms with E-state index in [9.17, 15) is 13.2 Å². The molecular formula is C18H22N4O3S. The highest BCUT2D eigenvalue weighted by molar-refractivity contribution is 7.90. The molecule has 1 aliphatic heterocycles. The summed E-state index contributed by atoms with van der Waals surface area (Å²) in [6.07, 6.45) is 5.05. The Hall–Kier alpha value is -2.19. The zero-order valence-electron chi connectivity index (χ0n) is 14.6. The standard InChI is InChI=1S/C18H22N4O3S/c1-26(24,25)16-6-2-13(3-7-16)10-21-11-15-8-9-19-22(15)17(12-21)18(23)20-14-4-5-14/h2-3,6-9,14,17H,4-5,10-12H2,1H3,(H,20,23)/t17-/m0/s1. The number of nitrogens with one attached hydrogen (secondary N) is 1. The summed E-state index contributed by atoms with van der Waals surface area (Å²) in [5, 5.41) is 7.40. The number of carbonyl (C=O) groups excluding carboxylic acids is 1. The molecule has 1 saturated carbocycles. The number of hydrogen-bond acceptors (Lipinski definition) is 5. The van der Waals surface area contributed by atoms with E-state index in [1.165, 1.54) is 6.26 Å². The van der Waals surface area contributed by atoms with Crippen molar-refractivity contribution in [2.75, 3.05) is 12.8 Å². The SMILES string of the molecule is CS(=O)(=O)c1ccc(CN2Cc3ccnn3[C@H](C(=O)NC3CC3)C2)cc1. The summed E-state index contributed by atoms with van der Waals surface area (Å²) in [5.74, 6) is 0.0228. The Balaban J connectivity index is 1.50. The van der Waals surface area contributed by atoms with E-state index in [0.29, 0.717) is 30.6 Å². The van der Waals surface area contributed by atoms with Crippen molar-refractivity contribution >= 4 is 15.7 Å². The van der Waals surface area contributed by atoms with Gasteiger partial charge in [-0.05, 0) is 36.6 Å². The van der Waals surface area contributed by atoms with Gasteiger partial charge in [-0.1, -0.05) is 12.1 Å². The molecule has 7 nitrogen and oxygen atoms in total. The number of hydrogen-bond donors (Lipinski definition) is 1. The van der Waals surface area contributed by atoms with Gasteiger partial charge in [0, 0.05) is 38.1 Å². The second-order valence-corrected chi connectivity index (χ2v) is 9.17. The lowest BCUT2D eigenvalue weighted by atomic mass is 10.1. The van der Waals surface area contributed by atoms with E-state index in [-0.39, 0.29) is 11.9 Å². The van der Waals surface area contributed by atoms with Crippen LogP contribution in [0.3, 0.4) is 0 Å². The maximum absolute atomic E-state index is 12.6. The van der Waals surface area contributed by atoms with Crippen LogP contribution in [0.4, 0.5) is 0 Å². The van der Waals surface area contributed by atoms with E-state index in [4.69, 9.17) is 0 Å². The number of sulfone groups is 1. The molecule has 1 atom stereocenters. The van der Waals surface area contributed by atoms with Crippen LogP contribution in [0.5, 0.6) is 0 Å². The van der Waals surface area contributed by atoms with Crippen LogP contribution in [0.15, 0.2) is 41.4 Å². The number of benzene rings is 1. The number of aromatic nitrogens is 2. The molecule has 138 valence electrons. The topological polar surface area (TPSA) is 84.3 Å². The highest BCUT2D eigenvalue weighted by Crippen LogP contribution is 2.25. The molecule has 1 aliphatic carbocycles. The van der Waals surface area contributed by atoms with Gasteiger partial charge in [-0.15, -0.1) is 0 Å². The molecule has 2 aromatic rings. The van der Waals surface area contributed by atoms with Crippen LogP contribution < -0.4 is 5.32 Å². The summed E-state index contributed by atoms with van der Waals surface area (Å²) in [6.45, 7) is 1.95. The Morgan fingerprint density at radius 1 is 1.23 bits per heavy atom. The van der Waals surface area contributed by atoms with E-state index in [1.54, 1.807) is 18.3 Å². The minimum absolute atomic E-state index is 0.0228. The van der Waals surface area contributed by atoms with Gasteiger partial charge in [0.05, 0.1) is 10.6 Å². The van der Waals surface area contributed by atoms with Gasteiger partial charge >= 0.3 is 0 Å². The number of amides is 1. The molecule has 2 aliphatic rings. The van der Waals surface area contributed by atoms with E-state index in [0.717, 1.165) is 24.1 Å². The molecule has 8 heteroatoms. The molecule has 0 spiro atoms. The summed E-state index contributed by atoms with van der Waals surface area (Å²) in [5.41, 5.74) is 2.03. The van der Waals surface area contributed by atoms with Crippen LogP contribution in [0.2, 0.25) is 0 Å². The summed E-state index contributed by atoms with van der Waals surface area (Å²) in [7, 11) is -3.19. The fourth-order valence-electron chi connectivity index (χ4n) is 3.30. The minimum Gasteiger partial charge on any atom is -0.351 e. The molecule has 1 amide bonds. The maximum atomic E-state index is 12.6. The first-order valence-corrected chi connectivity index (χ1v) is 10.6. The van der Waals surface area contributed by atoms with Gasteiger partial charge in [-0.2, -0.15) is 5.10 Å². The molecule has 0 radical (unpaired) electrons. The van der Waals surface area contributed by atoms with Crippen LogP contribution in [0.25, 0.3) is 0 Å². The largest absolute Gasteiger partial charge is 0.351 e. The van der Waals surface area contributed by atoms with E-state index in [1.807, 2.05) is 22.9 Å². The van der Waals surface area contributed by atoms with Gasteiger partial charge in [0.15, 0.2) is 9.84 Å². The Morgan fingerprint density at radius 3 is 2.62 bits per heavy atom. The molecule has 0 saturated heterocycles. The Kier molecular flexibility index (Phi) is 4.32. The Morgan fingerprint density at radius 2 is 1.96 bits per heavy atom. The van der Waals surface area contributed by atoms with Crippen molar-refractivity contribution in [2.45, 2.75) is 42.9 Å². The van der Waals surface area contributed by atoms with Gasteiger partial charge in [-0.25, -0.2) is 8.42 Å². The molecule has 0 unspecified atom stereocenters. The third-order valence-corrected chi connectivity index (χ3v) is 5.98. The van der Waals surface area contributed by atoms with Crippen molar-refractivity contribution in [3.63, 3.8) is 0 Å². The summed E-state index contributed by atoms with van der Waals surface area (Å²) >= 11 is 0.